The highest BCUT2D eigenvalue weighted by Gasteiger charge is 2.49. The molecule has 3 rings (SSSR count). The number of rotatable bonds is 0. The van der Waals surface area contributed by atoms with Crippen LogP contribution in [0, 0.1) is 0 Å². The minimum Gasteiger partial charge on any atom is -0.508 e. The number of phenolic OH excluding ortho intramolecular Hbond substituents is 1. The molecule has 14 heavy (non-hydrogen) atoms. The van der Waals surface area contributed by atoms with E-state index in [0.717, 1.165) is 0 Å². The summed E-state index contributed by atoms with van der Waals surface area (Å²) in [5.41, 5.74) is 2.66. The molecular weight excluding hydrogens is 176 g/mol. The van der Waals surface area contributed by atoms with Gasteiger partial charge in [0, 0.05) is 12.1 Å². The van der Waals surface area contributed by atoms with Gasteiger partial charge >= 0.3 is 0 Å². The normalized spacial score (nSPS) is 33.6. The Morgan fingerprint density at radius 2 is 2.43 bits per heavy atom. The second kappa shape index (κ2) is 2.42. The van der Waals surface area contributed by atoms with Gasteiger partial charge in [0.25, 0.3) is 0 Å². The first-order valence-corrected chi connectivity index (χ1v) is 5.13. The van der Waals surface area contributed by atoms with Crippen molar-refractivity contribution in [2.75, 3.05) is 11.9 Å². The van der Waals surface area contributed by atoms with Gasteiger partial charge in [0.2, 0.25) is 0 Å². The van der Waals surface area contributed by atoms with E-state index in [1.165, 1.54) is 24.2 Å². The topological polar surface area (TPSA) is 48.9 Å². The van der Waals surface area contributed by atoms with Crippen molar-refractivity contribution in [2.24, 2.45) is 0 Å². The van der Waals surface area contributed by atoms with Gasteiger partial charge in [0.15, 0.2) is 6.17 Å². The third kappa shape index (κ3) is 0.852. The van der Waals surface area contributed by atoms with Gasteiger partial charge in [-0.05, 0) is 30.7 Å². The molecule has 0 radical (unpaired) electrons. The lowest BCUT2D eigenvalue weighted by Crippen LogP contribution is -2.89. The van der Waals surface area contributed by atoms with Crippen LogP contribution in [0.1, 0.15) is 18.9 Å². The highest BCUT2D eigenvalue weighted by atomic mass is 16.3. The van der Waals surface area contributed by atoms with Crippen LogP contribution in [0.4, 0.5) is 5.69 Å². The molecule has 1 aromatic rings. The Bertz CT molecular complexity index is 391. The first kappa shape index (κ1) is 8.12. The third-order valence-corrected chi connectivity index (χ3v) is 3.68. The summed E-state index contributed by atoms with van der Waals surface area (Å²) in [6, 6.07) is 5.62. The van der Waals surface area contributed by atoms with Crippen LogP contribution in [-0.4, -0.2) is 17.8 Å². The van der Waals surface area contributed by atoms with E-state index < -0.39 is 0 Å². The fourth-order valence-electron chi connectivity index (χ4n) is 2.78. The Morgan fingerprint density at radius 3 is 3.29 bits per heavy atom. The fourth-order valence-corrected chi connectivity index (χ4v) is 2.78. The van der Waals surface area contributed by atoms with E-state index in [1.54, 1.807) is 6.07 Å². The maximum Gasteiger partial charge on any atom is 0.169 e. The van der Waals surface area contributed by atoms with Crippen LogP contribution in [0.2, 0.25) is 0 Å². The second-order valence-electron chi connectivity index (χ2n) is 4.54. The predicted octanol–water partition coefficient (Wildman–Crippen LogP) is 0.369. The van der Waals surface area contributed by atoms with E-state index in [4.69, 9.17) is 0 Å². The molecule has 2 atom stereocenters. The molecule has 0 unspecified atom stereocenters. The summed E-state index contributed by atoms with van der Waals surface area (Å²) in [5.74, 6) is 0.374. The molecule has 0 amide bonds. The number of quaternary nitrogens is 1. The average molecular weight is 191 g/mol. The molecule has 0 bridgehead atoms. The standard InChI is InChI=1S/C11H14N2O/c1-11-4-5-12-10(11)13-9-3-2-7(14)6-8(9)11/h2-3,6,10,12-14H,4-5H2,1H3/p+1/t10-,11+/m1/s1. The molecular formula is C11H15N2O+. The first-order valence-electron chi connectivity index (χ1n) is 5.13. The number of hydrogen-bond donors (Lipinski definition) is 3. The van der Waals surface area contributed by atoms with Crippen molar-refractivity contribution in [3.63, 3.8) is 0 Å². The van der Waals surface area contributed by atoms with Gasteiger partial charge in [-0.2, -0.15) is 0 Å². The molecule has 3 nitrogen and oxygen atoms in total. The zero-order valence-electron chi connectivity index (χ0n) is 8.25. The largest absolute Gasteiger partial charge is 0.508 e. The van der Waals surface area contributed by atoms with Gasteiger partial charge in [-0.25, -0.2) is 0 Å². The van der Waals surface area contributed by atoms with E-state index in [1.807, 2.05) is 12.1 Å². The van der Waals surface area contributed by atoms with Gasteiger partial charge in [-0.1, -0.05) is 0 Å². The van der Waals surface area contributed by atoms with E-state index in [-0.39, 0.29) is 5.41 Å². The van der Waals surface area contributed by atoms with Gasteiger partial charge in [-0.3, -0.25) is 0 Å². The maximum absolute atomic E-state index is 9.49. The molecule has 3 heteroatoms. The van der Waals surface area contributed by atoms with Crippen LogP contribution < -0.4 is 10.6 Å². The van der Waals surface area contributed by atoms with E-state index in [2.05, 4.69) is 17.6 Å². The summed E-state index contributed by atoms with van der Waals surface area (Å²) < 4.78 is 0. The highest BCUT2D eigenvalue weighted by molar-refractivity contribution is 5.63. The van der Waals surface area contributed by atoms with Crippen LogP contribution in [0.5, 0.6) is 5.75 Å². The smallest absolute Gasteiger partial charge is 0.169 e. The molecule has 2 aliphatic rings. The van der Waals surface area contributed by atoms with E-state index in [0.29, 0.717) is 11.9 Å². The highest BCUT2D eigenvalue weighted by Crippen LogP contribution is 2.43. The first-order chi connectivity index (χ1) is 6.70. The number of fused-ring (bicyclic) bond motifs is 3. The molecule has 0 saturated carbocycles. The van der Waals surface area contributed by atoms with Crippen molar-refractivity contribution in [1.29, 1.82) is 0 Å². The molecule has 1 aromatic carbocycles. The van der Waals surface area contributed by atoms with Gasteiger partial charge in [0.05, 0.1) is 12.0 Å². The van der Waals surface area contributed by atoms with Crippen LogP contribution >= 0.6 is 0 Å². The summed E-state index contributed by atoms with van der Waals surface area (Å²) >= 11 is 0. The lowest BCUT2D eigenvalue weighted by Gasteiger charge is -2.19. The van der Waals surface area contributed by atoms with E-state index >= 15 is 0 Å². The minimum absolute atomic E-state index is 0.202. The number of anilines is 1. The van der Waals surface area contributed by atoms with Gasteiger partial charge < -0.3 is 15.7 Å². The predicted molar refractivity (Wildman–Crippen MR) is 54.3 cm³/mol. The quantitative estimate of drug-likeness (QED) is 0.519. The van der Waals surface area contributed by atoms with Crippen molar-refractivity contribution < 1.29 is 10.4 Å². The Hall–Kier alpha value is -1.22. The Labute approximate surface area is 83.1 Å². The van der Waals surface area contributed by atoms with Gasteiger partial charge in [0.1, 0.15) is 5.75 Å². The molecule has 74 valence electrons. The fraction of sp³-hybridized carbons (Fsp3) is 0.455. The molecule has 0 spiro atoms. The summed E-state index contributed by atoms with van der Waals surface area (Å²) in [6.07, 6.45) is 1.64. The minimum atomic E-state index is 0.202. The number of phenols is 1. The lowest BCUT2D eigenvalue weighted by atomic mass is 9.81. The van der Waals surface area contributed by atoms with Crippen molar-refractivity contribution in [3.05, 3.63) is 23.8 Å². The van der Waals surface area contributed by atoms with Crippen LogP contribution in [-0.2, 0) is 5.41 Å². The average Bonchev–Trinajstić information content (AvgIpc) is 2.62. The number of benzene rings is 1. The summed E-state index contributed by atoms with van der Waals surface area (Å²) in [6.45, 7) is 3.45. The zero-order chi connectivity index (χ0) is 9.76. The van der Waals surface area contributed by atoms with Crippen molar-refractivity contribution >= 4 is 5.69 Å². The van der Waals surface area contributed by atoms with Gasteiger partial charge in [-0.15, -0.1) is 0 Å². The number of nitrogens with two attached hydrogens (primary N) is 1. The SMILES string of the molecule is C[C@@]12CC[NH2+][C@@H]1Nc1ccc(O)cc12. The Morgan fingerprint density at radius 1 is 1.57 bits per heavy atom. The second-order valence-corrected chi connectivity index (χ2v) is 4.54. The van der Waals surface area contributed by atoms with Crippen molar-refractivity contribution in [2.45, 2.75) is 24.9 Å². The molecule has 1 saturated heterocycles. The Kier molecular flexibility index (Phi) is 1.40. The maximum atomic E-state index is 9.49. The lowest BCUT2D eigenvalue weighted by molar-refractivity contribution is -0.667. The van der Waals surface area contributed by atoms with Crippen LogP contribution in [0.15, 0.2) is 18.2 Å². The number of nitrogens with one attached hydrogen (secondary N) is 1. The molecule has 0 aliphatic carbocycles. The van der Waals surface area contributed by atoms with Crippen molar-refractivity contribution in [3.8, 4) is 5.75 Å². The summed E-state index contributed by atoms with van der Waals surface area (Å²) in [4.78, 5) is 0. The molecule has 2 aliphatic heterocycles. The van der Waals surface area contributed by atoms with Crippen LogP contribution in [0.25, 0.3) is 0 Å². The number of aromatic hydroxyl groups is 1. The molecule has 2 heterocycles. The Balaban J connectivity index is 2.17. The van der Waals surface area contributed by atoms with E-state index in [9.17, 15) is 5.11 Å². The number of hydrogen-bond acceptors (Lipinski definition) is 2. The van der Waals surface area contributed by atoms with Crippen LogP contribution in [0.3, 0.4) is 0 Å². The summed E-state index contributed by atoms with van der Waals surface area (Å²) in [7, 11) is 0. The molecule has 0 aromatic heterocycles. The monoisotopic (exact) mass is 191 g/mol. The molecule has 1 fully saturated rings. The zero-order valence-corrected chi connectivity index (χ0v) is 8.25. The summed E-state index contributed by atoms with van der Waals surface area (Å²) in [5, 5.41) is 15.3. The van der Waals surface area contributed by atoms with Crippen molar-refractivity contribution in [1.82, 2.24) is 0 Å². The molecule has 4 N–H and O–H groups in total. The third-order valence-electron chi connectivity index (χ3n) is 3.68.